The number of carbonyl (C=O) groups excluding carboxylic acids is 1. The molecule has 0 bridgehead atoms. The molecule has 1 unspecified atom stereocenters. The van der Waals surface area contributed by atoms with E-state index in [1.807, 2.05) is 37.3 Å². The molecule has 0 N–H and O–H groups in total. The van der Waals surface area contributed by atoms with E-state index in [1.54, 1.807) is 16.8 Å². The first kappa shape index (κ1) is 14.3. The van der Waals surface area contributed by atoms with Crippen LogP contribution in [0.4, 0.5) is 0 Å². The van der Waals surface area contributed by atoms with Crippen LogP contribution in [0.5, 0.6) is 0 Å². The van der Waals surface area contributed by atoms with Gasteiger partial charge in [-0.2, -0.15) is 10.4 Å². The largest absolute Gasteiger partial charge is 0.338 e. The van der Waals surface area contributed by atoms with Crippen molar-refractivity contribution in [3.63, 3.8) is 0 Å². The molecular weight excluding hydrogens is 276 g/mol. The van der Waals surface area contributed by atoms with E-state index in [0.717, 1.165) is 18.5 Å². The van der Waals surface area contributed by atoms with Crippen LogP contribution in [0.1, 0.15) is 39.4 Å². The number of carbonyl (C=O) groups is 1. The molecule has 1 aromatic heterocycles. The number of amides is 1. The number of rotatable bonds is 2. The number of nitrogens with zero attached hydrogens (tertiary/aromatic N) is 4. The van der Waals surface area contributed by atoms with Crippen molar-refractivity contribution >= 4 is 5.91 Å². The van der Waals surface area contributed by atoms with Crippen LogP contribution in [0, 0.1) is 18.3 Å². The minimum atomic E-state index is 0.00268. The summed E-state index contributed by atoms with van der Waals surface area (Å²) in [5.41, 5.74) is 3.23. The number of hydrogen-bond donors (Lipinski definition) is 0. The van der Waals surface area contributed by atoms with E-state index in [0.29, 0.717) is 23.6 Å². The van der Waals surface area contributed by atoms with Crippen molar-refractivity contribution in [2.45, 2.75) is 19.3 Å². The highest BCUT2D eigenvalue weighted by Gasteiger charge is 2.28. The van der Waals surface area contributed by atoms with Gasteiger partial charge in [-0.05, 0) is 36.6 Å². The fourth-order valence-corrected chi connectivity index (χ4v) is 2.93. The van der Waals surface area contributed by atoms with E-state index >= 15 is 0 Å². The summed E-state index contributed by atoms with van der Waals surface area (Å²) < 4.78 is 1.79. The minimum Gasteiger partial charge on any atom is -0.338 e. The maximum absolute atomic E-state index is 12.6. The first-order valence-corrected chi connectivity index (χ1v) is 7.37. The van der Waals surface area contributed by atoms with E-state index in [-0.39, 0.29) is 5.91 Å². The molecule has 2 aromatic rings. The van der Waals surface area contributed by atoms with Gasteiger partial charge in [0.25, 0.3) is 5.91 Å². The maximum atomic E-state index is 12.6. The van der Waals surface area contributed by atoms with E-state index < -0.39 is 0 Å². The topological polar surface area (TPSA) is 61.9 Å². The monoisotopic (exact) mass is 294 g/mol. The van der Waals surface area contributed by atoms with Crippen LogP contribution in [-0.2, 0) is 7.05 Å². The quantitative estimate of drug-likeness (QED) is 0.853. The highest BCUT2D eigenvalue weighted by molar-refractivity contribution is 5.95. The molecule has 1 aliphatic heterocycles. The summed E-state index contributed by atoms with van der Waals surface area (Å²) in [4.78, 5) is 14.5. The molecular formula is C17H18N4O. The fraction of sp³-hybridized carbons (Fsp3) is 0.353. The lowest BCUT2D eigenvalue weighted by Gasteiger charge is -2.16. The Bertz CT molecular complexity index is 756. The van der Waals surface area contributed by atoms with Crippen molar-refractivity contribution < 1.29 is 4.79 Å². The fourth-order valence-electron chi connectivity index (χ4n) is 2.93. The lowest BCUT2D eigenvalue weighted by molar-refractivity contribution is 0.0791. The van der Waals surface area contributed by atoms with Crippen molar-refractivity contribution in [1.82, 2.24) is 14.7 Å². The van der Waals surface area contributed by atoms with Crippen LogP contribution in [0.2, 0.25) is 0 Å². The second kappa shape index (κ2) is 5.64. The molecule has 0 aliphatic carbocycles. The highest BCUT2D eigenvalue weighted by Crippen LogP contribution is 2.28. The average Bonchev–Trinajstić information content (AvgIpc) is 3.15. The molecule has 1 aliphatic rings. The molecule has 5 heteroatoms. The van der Waals surface area contributed by atoms with Crippen LogP contribution in [-0.4, -0.2) is 33.7 Å². The summed E-state index contributed by atoms with van der Waals surface area (Å²) in [5.74, 6) is 0.349. The van der Waals surface area contributed by atoms with Crippen LogP contribution in [0.15, 0.2) is 30.6 Å². The summed E-state index contributed by atoms with van der Waals surface area (Å²) in [5, 5.41) is 13.3. The van der Waals surface area contributed by atoms with Crippen molar-refractivity contribution in [2.24, 2.45) is 7.05 Å². The van der Waals surface area contributed by atoms with Gasteiger partial charge in [-0.25, -0.2) is 0 Å². The number of hydrogen-bond acceptors (Lipinski definition) is 3. The molecule has 2 heterocycles. The molecule has 112 valence electrons. The zero-order chi connectivity index (χ0) is 15.7. The maximum Gasteiger partial charge on any atom is 0.253 e. The van der Waals surface area contributed by atoms with E-state index in [4.69, 9.17) is 5.26 Å². The second-order valence-corrected chi connectivity index (χ2v) is 5.83. The van der Waals surface area contributed by atoms with Gasteiger partial charge < -0.3 is 4.90 Å². The molecule has 1 fully saturated rings. The third-order valence-corrected chi connectivity index (χ3v) is 4.28. The van der Waals surface area contributed by atoms with Gasteiger partial charge in [-0.15, -0.1) is 0 Å². The third kappa shape index (κ3) is 2.60. The predicted octanol–water partition coefficient (Wildman–Crippen LogP) is 2.23. The summed E-state index contributed by atoms with van der Waals surface area (Å²) in [7, 11) is 1.90. The Kier molecular flexibility index (Phi) is 3.68. The summed E-state index contributed by atoms with van der Waals surface area (Å²) in [6.45, 7) is 3.33. The Morgan fingerprint density at radius 3 is 2.95 bits per heavy atom. The summed E-state index contributed by atoms with van der Waals surface area (Å²) in [6.07, 6.45) is 4.84. The van der Waals surface area contributed by atoms with Crippen molar-refractivity contribution in [1.29, 1.82) is 5.26 Å². The minimum absolute atomic E-state index is 0.00268. The van der Waals surface area contributed by atoms with Gasteiger partial charge in [0.05, 0.1) is 17.8 Å². The molecule has 0 saturated carbocycles. The van der Waals surface area contributed by atoms with Crippen LogP contribution in [0.3, 0.4) is 0 Å². The number of aromatic nitrogens is 2. The third-order valence-electron chi connectivity index (χ3n) is 4.28. The zero-order valence-corrected chi connectivity index (χ0v) is 12.8. The summed E-state index contributed by atoms with van der Waals surface area (Å²) >= 11 is 0. The zero-order valence-electron chi connectivity index (χ0n) is 12.8. The van der Waals surface area contributed by atoms with Gasteiger partial charge >= 0.3 is 0 Å². The first-order chi connectivity index (χ1) is 10.6. The van der Waals surface area contributed by atoms with E-state index in [2.05, 4.69) is 11.2 Å². The number of benzene rings is 1. The molecule has 22 heavy (non-hydrogen) atoms. The van der Waals surface area contributed by atoms with Crippen LogP contribution in [0.25, 0.3) is 0 Å². The van der Waals surface area contributed by atoms with Crippen LogP contribution >= 0.6 is 0 Å². The second-order valence-electron chi connectivity index (χ2n) is 5.83. The highest BCUT2D eigenvalue weighted by atomic mass is 16.2. The Balaban J connectivity index is 1.75. The van der Waals surface area contributed by atoms with E-state index in [9.17, 15) is 4.79 Å². The Morgan fingerprint density at radius 1 is 1.45 bits per heavy atom. The molecule has 1 atom stereocenters. The molecule has 0 radical (unpaired) electrons. The first-order valence-electron chi connectivity index (χ1n) is 7.37. The van der Waals surface area contributed by atoms with Gasteiger partial charge in [0.1, 0.15) is 0 Å². The Labute approximate surface area is 129 Å². The van der Waals surface area contributed by atoms with Crippen molar-refractivity contribution in [3.05, 3.63) is 52.8 Å². The Morgan fingerprint density at radius 2 is 2.27 bits per heavy atom. The van der Waals surface area contributed by atoms with Gasteiger partial charge in [0, 0.05) is 37.8 Å². The SMILES string of the molecule is Cc1ccc(C(=O)N2CCC(c3cnn(C)c3)C2)cc1C#N. The number of aryl methyl sites for hydroxylation is 2. The molecule has 1 amide bonds. The molecule has 5 nitrogen and oxygen atoms in total. The smallest absolute Gasteiger partial charge is 0.253 e. The molecule has 0 spiro atoms. The van der Waals surface area contributed by atoms with Gasteiger partial charge in [-0.1, -0.05) is 6.07 Å². The van der Waals surface area contributed by atoms with E-state index in [1.165, 1.54) is 5.56 Å². The lowest BCUT2D eigenvalue weighted by Crippen LogP contribution is -2.28. The van der Waals surface area contributed by atoms with Gasteiger partial charge in [0.2, 0.25) is 0 Å². The lowest BCUT2D eigenvalue weighted by atomic mass is 10.0. The molecule has 1 aromatic carbocycles. The average molecular weight is 294 g/mol. The number of likely N-dealkylation sites (tertiary alicyclic amines) is 1. The van der Waals surface area contributed by atoms with Crippen LogP contribution < -0.4 is 0 Å². The molecule has 1 saturated heterocycles. The summed E-state index contributed by atoms with van der Waals surface area (Å²) in [6, 6.07) is 7.46. The van der Waals surface area contributed by atoms with Gasteiger partial charge in [0.15, 0.2) is 0 Å². The Hall–Kier alpha value is -2.61. The standard InChI is InChI=1S/C17H18N4O/c1-12-3-4-13(7-15(12)8-18)17(22)21-6-5-14(11-21)16-9-19-20(2)10-16/h3-4,7,9-10,14H,5-6,11H2,1-2H3. The predicted molar refractivity (Wildman–Crippen MR) is 82.4 cm³/mol. The van der Waals surface area contributed by atoms with Crippen molar-refractivity contribution in [3.8, 4) is 6.07 Å². The normalized spacial score (nSPS) is 17.5. The van der Waals surface area contributed by atoms with Gasteiger partial charge in [-0.3, -0.25) is 9.48 Å². The molecule has 3 rings (SSSR count). The number of nitriles is 1. The van der Waals surface area contributed by atoms with Crippen molar-refractivity contribution in [2.75, 3.05) is 13.1 Å².